The Morgan fingerprint density at radius 2 is 1.81 bits per heavy atom. The van der Waals surface area contributed by atoms with Crippen LogP contribution in [0.1, 0.15) is 0 Å². The summed E-state index contributed by atoms with van der Waals surface area (Å²) in [4.78, 5) is 4.33. The molecule has 0 aliphatic heterocycles. The molecule has 0 saturated heterocycles. The first-order chi connectivity index (χ1) is 9.86. The molecule has 0 aliphatic rings. The Balaban J connectivity index is 2.19. The molecule has 1 heterocycles. The number of rotatable bonds is 2. The SMILES string of the molecule is CS(=O)(=O)c1ccc(-n2c(N)nc3cc(F)ccc32)cc1. The second-order valence-electron chi connectivity index (χ2n) is 4.70. The molecule has 0 atom stereocenters. The van der Waals surface area contributed by atoms with Crippen LogP contribution >= 0.6 is 0 Å². The van der Waals surface area contributed by atoms with Gasteiger partial charge in [-0.15, -0.1) is 0 Å². The zero-order valence-corrected chi connectivity index (χ0v) is 11.9. The third-order valence-electron chi connectivity index (χ3n) is 3.17. The minimum absolute atomic E-state index is 0.211. The summed E-state index contributed by atoms with van der Waals surface area (Å²) in [7, 11) is -3.25. The average molecular weight is 305 g/mol. The smallest absolute Gasteiger partial charge is 0.205 e. The number of imidazole rings is 1. The van der Waals surface area contributed by atoms with Crippen molar-refractivity contribution in [2.24, 2.45) is 0 Å². The van der Waals surface area contributed by atoms with Gasteiger partial charge in [0.1, 0.15) is 5.82 Å². The summed E-state index contributed by atoms with van der Waals surface area (Å²) >= 11 is 0. The van der Waals surface area contributed by atoms with Gasteiger partial charge in [-0.05, 0) is 36.4 Å². The molecule has 0 aliphatic carbocycles. The minimum Gasteiger partial charge on any atom is -0.369 e. The molecular weight excluding hydrogens is 293 g/mol. The summed E-state index contributed by atoms with van der Waals surface area (Å²) in [5, 5.41) is 0. The Labute approximate surface area is 120 Å². The maximum atomic E-state index is 13.2. The Kier molecular flexibility index (Phi) is 2.94. The molecule has 0 saturated carbocycles. The number of sulfone groups is 1. The second-order valence-corrected chi connectivity index (χ2v) is 6.72. The van der Waals surface area contributed by atoms with Crippen LogP contribution in [-0.4, -0.2) is 24.2 Å². The summed E-state index contributed by atoms with van der Waals surface area (Å²) in [6.07, 6.45) is 1.14. The molecule has 0 bridgehead atoms. The van der Waals surface area contributed by atoms with Crippen molar-refractivity contribution in [2.45, 2.75) is 4.90 Å². The molecule has 21 heavy (non-hydrogen) atoms. The molecular formula is C14H12FN3O2S. The van der Waals surface area contributed by atoms with Crippen LogP contribution in [0, 0.1) is 5.82 Å². The number of nitrogens with zero attached hydrogens (tertiary/aromatic N) is 2. The summed E-state index contributed by atoms with van der Waals surface area (Å²) in [5.41, 5.74) is 7.63. The largest absolute Gasteiger partial charge is 0.369 e. The van der Waals surface area contributed by atoms with Gasteiger partial charge in [0.2, 0.25) is 5.95 Å². The fourth-order valence-corrected chi connectivity index (χ4v) is 2.82. The highest BCUT2D eigenvalue weighted by Crippen LogP contribution is 2.24. The van der Waals surface area contributed by atoms with E-state index < -0.39 is 9.84 Å². The lowest BCUT2D eigenvalue weighted by molar-refractivity contribution is 0.602. The topological polar surface area (TPSA) is 78.0 Å². The lowest BCUT2D eigenvalue weighted by atomic mass is 10.2. The van der Waals surface area contributed by atoms with Gasteiger partial charge < -0.3 is 5.73 Å². The van der Waals surface area contributed by atoms with Crippen molar-refractivity contribution >= 4 is 26.8 Å². The number of hydrogen-bond acceptors (Lipinski definition) is 4. The Morgan fingerprint density at radius 3 is 2.43 bits per heavy atom. The van der Waals surface area contributed by atoms with E-state index in [9.17, 15) is 12.8 Å². The fraction of sp³-hybridized carbons (Fsp3) is 0.0714. The Hall–Kier alpha value is -2.41. The Morgan fingerprint density at radius 1 is 1.14 bits per heavy atom. The number of benzene rings is 2. The van der Waals surface area contributed by atoms with E-state index in [0.29, 0.717) is 16.7 Å². The standard InChI is InChI=1S/C14H12FN3O2S/c1-21(19,20)11-5-3-10(4-6-11)18-13-7-2-9(15)8-12(13)17-14(18)16/h2-8H,1H3,(H2,16,17). The Bertz CT molecular complexity index is 931. The zero-order valence-electron chi connectivity index (χ0n) is 11.1. The molecule has 7 heteroatoms. The van der Waals surface area contributed by atoms with Crippen molar-refractivity contribution in [3.05, 3.63) is 48.3 Å². The van der Waals surface area contributed by atoms with Crippen molar-refractivity contribution in [3.63, 3.8) is 0 Å². The van der Waals surface area contributed by atoms with Gasteiger partial charge >= 0.3 is 0 Å². The number of halogens is 1. The summed E-state index contributed by atoms with van der Waals surface area (Å²) in [6, 6.07) is 10.5. The molecule has 0 radical (unpaired) electrons. The molecule has 5 nitrogen and oxygen atoms in total. The van der Waals surface area contributed by atoms with Gasteiger partial charge in [0, 0.05) is 18.0 Å². The lowest BCUT2D eigenvalue weighted by Gasteiger charge is -2.07. The highest BCUT2D eigenvalue weighted by molar-refractivity contribution is 7.90. The van der Waals surface area contributed by atoms with E-state index >= 15 is 0 Å². The monoisotopic (exact) mass is 305 g/mol. The van der Waals surface area contributed by atoms with Crippen molar-refractivity contribution in [3.8, 4) is 5.69 Å². The van der Waals surface area contributed by atoms with E-state index in [4.69, 9.17) is 5.73 Å². The molecule has 0 unspecified atom stereocenters. The van der Waals surface area contributed by atoms with Crippen LogP contribution in [0.25, 0.3) is 16.7 Å². The van der Waals surface area contributed by atoms with Gasteiger partial charge in [0.05, 0.1) is 15.9 Å². The van der Waals surface area contributed by atoms with Gasteiger partial charge in [-0.2, -0.15) is 0 Å². The van der Waals surface area contributed by atoms with Crippen LogP contribution in [0.2, 0.25) is 0 Å². The van der Waals surface area contributed by atoms with Gasteiger partial charge in [-0.25, -0.2) is 17.8 Å². The van der Waals surface area contributed by atoms with Crippen molar-refractivity contribution in [1.82, 2.24) is 9.55 Å². The van der Waals surface area contributed by atoms with E-state index in [0.717, 1.165) is 6.26 Å². The third kappa shape index (κ3) is 2.36. The predicted molar refractivity (Wildman–Crippen MR) is 78.6 cm³/mol. The third-order valence-corrected chi connectivity index (χ3v) is 4.29. The first-order valence-electron chi connectivity index (χ1n) is 6.10. The minimum atomic E-state index is -3.25. The molecule has 3 rings (SSSR count). The summed E-state index contributed by atoms with van der Waals surface area (Å²) in [5.74, 6) is -0.178. The van der Waals surface area contributed by atoms with E-state index in [1.807, 2.05) is 0 Å². The molecule has 3 aromatic rings. The molecule has 1 aromatic heterocycles. The molecule has 0 spiro atoms. The highest BCUT2D eigenvalue weighted by Gasteiger charge is 2.12. The van der Waals surface area contributed by atoms with E-state index in [-0.39, 0.29) is 16.7 Å². The number of aromatic nitrogens is 2. The molecule has 0 fully saturated rings. The number of fused-ring (bicyclic) bond motifs is 1. The van der Waals surface area contributed by atoms with Crippen molar-refractivity contribution in [2.75, 3.05) is 12.0 Å². The average Bonchev–Trinajstić information content (AvgIpc) is 2.73. The van der Waals surface area contributed by atoms with Crippen LogP contribution in [-0.2, 0) is 9.84 Å². The number of nitrogens with two attached hydrogens (primary N) is 1. The maximum absolute atomic E-state index is 13.2. The number of nitrogen functional groups attached to an aromatic ring is 1. The molecule has 2 aromatic carbocycles. The second kappa shape index (κ2) is 4.56. The van der Waals surface area contributed by atoms with Crippen LogP contribution in [0.4, 0.5) is 10.3 Å². The van der Waals surface area contributed by atoms with Crippen molar-refractivity contribution < 1.29 is 12.8 Å². The van der Waals surface area contributed by atoms with Crippen LogP contribution in [0.3, 0.4) is 0 Å². The molecule has 0 amide bonds. The van der Waals surface area contributed by atoms with E-state index in [1.54, 1.807) is 22.8 Å². The van der Waals surface area contributed by atoms with E-state index in [2.05, 4.69) is 4.98 Å². The molecule has 108 valence electrons. The lowest BCUT2D eigenvalue weighted by Crippen LogP contribution is -2.02. The highest BCUT2D eigenvalue weighted by atomic mass is 32.2. The van der Waals surface area contributed by atoms with Gasteiger partial charge in [0.25, 0.3) is 0 Å². The summed E-state index contributed by atoms with van der Waals surface area (Å²) in [6.45, 7) is 0. The van der Waals surface area contributed by atoms with Gasteiger partial charge in [-0.3, -0.25) is 4.57 Å². The predicted octanol–water partition coefficient (Wildman–Crippen LogP) is 2.15. The van der Waals surface area contributed by atoms with Crippen molar-refractivity contribution in [1.29, 1.82) is 0 Å². The van der Waals surface area contributed by atoms with Crippen LogP contribution < -0.4 is 5.73 Å². The van der Waals surface area contributed by atoms with Crippen LogP contribution in [0.5, 0.6) is 0 Å². The fourth-order valence-electron chi connectivity index (χ4n) is 2.19. The zero-order chi connectivity index (χ0) is 15.2. The maximum Gasteiger partial charge on any atom is 0.205 e. The first-order valence-corrected chi connectivity index (χ1v) is 7.99. The number of anilines is 1. The van der Waals surface area contributed by atoms with E-state index in [1.165, 1.54) is 24.3 Å². The number of hydrogen-bond donors (Lipinski definition) is 1. The normalized spacial score (nSPS) is 11.9. The summed E-state index contributed by atoms with van der Waals surface area (Å²) < 4.78 is 37.8. The molecule has 2 N–H and O–H groups in total. The quantitative estimate of drug-likeness (QED) is 0.787. The van der Waals surface area contributed by atoms with Crippen LogP contribution in [0.15, 0.2) is 47.4 Å². The van der Waals surface area contributed by atoms with Gasteiger partial charge in [0.15, 0.2) is 9.84 Å². The first kappa shape index (κ1) is 13.6. The van der Waals surface area contributed by atoms with Gasteiger partial charge in [-0.1, -0.05) is 0 Å².